The summed E-state index contributed by atoms with van der Waals surface area (Å²) in [6.07, 6.45) is 1.42. The van der Waals surface area contributed by atoms with Gasteiger partial charge in [0.05, 0.1) is 5.69 Å². The average Bonchev–Trinajstić information content (AvgIpc) is 2.20. The second-order valence-corrected chi connectivity index (χ2v) is 4.18. The standard InChI is InChI=1S/C12H12ClN3/c1-7-3-8(2)5-9(4-7)11-10(13)12(14)16-6-15-11/h3-6H,1-2H3,(H2,14,15,16). The van der Waals surface area contributed by atoms with Gasteiger partial charge in [0.2, 0.25) is 0 Å². The Balaban J connectivity index is 2.63. The smallest absolute Gasteiger partial charge is 0.146 e. The summed E-state index contributed by atoms with van der Waals surface area (Å²) in [6, 6.07) is 6.16. The minimum absolute atomic E-state index is 0.311. The van der Waals surface area contributed by atoms with Crippen LogP contribution in [-0.2, 0) is 0 Å². The van der Waals surface area contributed by atoms with Crippen LogP contribution in [0.5, 0.6) is 0 Å². The molecule has 2 rings (SSSR count). The molecule has 0 fully saturated rings. The van der Waals surface area contributed by atoms with Crippen molar-refractivity contribution in [3.8, 4) is 11.3 Å². The Labute approximate surface area is 99.3 Å². The molecule has 0 bridgehead atoms. The van der Waals surface area contributed by atoms with Crippen molar-refractivity contribution >= 4 is 17.4 Å². The molecule has 0 unspecified atom stereocenters. The summed E-state index contributed by atoms with van der Waals surface area (Å²) in [5.41, 5.74) is 9.64. The minimum Gasteiger partial charge on any atom is -0.382 e. The summed E-state index contributed by atoms with van der Waals surface area (Å²) >= 11 is 6.08. The highest BCUT2D eigenvalue weighted by Crippen LogP contribution is 2.29. The largest absolute Gasteiger partial charge is 0.382 e. The third-order valence-electron chi connectivity index (χ3n) is 2.31. The van der Waals surface area contributed by atoms with E-state index in [9.17, 15) is 0 Å². The van der Waals surface area contributed by atoms with Crippen molar-refractivity contribution in [3.63, 3.8) is 0 Å². The molecule has 2 aromatic rings. The number of halogens is 1. The number of nitrogen functional groups attached to an aromatic ring is 1. The zero-order chi connectivity index (χ0) is 11.7. The normalized spacial score (nSPS) is 10.4. The summed E-state index contributed by atoms with van der Waals surface area (Å²) in [5.74, 6) is 0.311. The van der Waals surface area contributed by atoms with Crippen molar-refractivity contribution in [1.82, 2.24) is 9.97 Å². The highest BCUT2D eigenvalue weighted by atomic mass is 35.5. The van der Waals surface area contributed by atoms with Crippen molar-refractivity contribution < 1.29 is 0 Å². The average molecular weight is 234 g/mol. The molecule has 0 radical (unpaired) electrons. The molecular formula is C12H12ClN3. The number of benzene rings is 1. The van der Waals surface area contributed by atoms with Crippen molar-refractivity contribution in [2.24, 2.45) is 0 Å². The SMILES string of the molecule is Cc1cc(C)cc(-c2ncnc(N)c2Cl)c1. The van der Waals surface area contributed by atoms with Crippen molar-refractivity contribution in [3.05, 3.63) is 40.7 Å². The lowest BCUT2D eigenvalue weighted by atomic mass is 10.0. The lowest BCUT2D eigenvalue weighted by Crippen LogP contribution is -1.96. The van der Waals surface area contributed by atoms with Crippen LogP contribution in [0.4, 0.5) is 5.82 Å². The van der Waals surface area contributed by atoms with Gasteiger partial charge in [-0.05, 0) is 26.0 Å². The van der Waals surface area contributed by atoms with Gasteiger partial charge in [-0.15, -0.1) is 0 Å². The highest BCUT2D eigenvalue weighted by Gasteiger charge is 2.09. The maximum absolute atomic E-state index is 6.08. The van der Waals surface area contributed by atoms with E-state index < -0.39 is 0 Å². The number of hydrogen-bond acceptors (Lipinski definition) is 3. The Bertz CT molecular complexity index is 518. The molecule has 0 aliphatic heterocycles. The topological polar surface area (TPSA) is 51.8 Å². The molecule has 0 amide bonds. The van der Waals surface area contributed by atoms with Gasteiger partial charge in [-0.25, -0.2) is 9.97 Å². The predicted octanol–water partition coefficient (Wildman–Crippen LogP) is 3.00. The van der Waals surface area contributed by atoms with Gasteiger partial charge in [0, 0.05) is 5.56 Å². The van der Waals surface area contributed by atoms with Gasteiger partial charge in [-0.3, -0.25) is 0 Å². The van der Waals surface area contributed by atoms with Crippen LogP contribution >= 0.6 is 11.6 Å². The van der Waals surface area contributed by atoms with Gasteiger partial charge in [-0.1, -0.05) is 28.8 Å². The lowest BCUT2D eigenvalue weighted by Gasteiger charge is -2.07. The van der Waals surface area contributed by atoms with E-state index in [0.717, 1.165) is 5.56 Å². The fraction of sp³-hybridized carbons (Fsp3) is 0.167. The molecule has 0 aliphatic rings. The van der Waals surface area contributed by atoms with E-state index in [0.29, 0.717) is 16.5 Å². The molecule has 0 saturated heterocycles. The fourth-order valence-electron chi connectivity index (χ4n) is 1.70. The van der Waals surface area contributed by atoms with Crippen LogP contribution in [0.1, 0.15) is 11.1 Å². The Kier molecular flexibility index (Phi) is 2.79. The van der Waals surface area contributed by atoms with E-state index in [4.69, 9.17) is 17.3 Å². The zero-order valence-electron chi connectivity index (χ0n) is 9.16. The summed E-state index contributed by atoms with van der Waals surface area (Å²) in [4.78, 5) is 8.01. The van der Waals surface area contributed by atoms with Gasteiger partial charge in [0.25, 0.3) is 0 Å². The van der Waals surface area contributed by atoms with Crippen molar-refractivity contribution in [1.29, 1.82) is 0 Å². The number of nitrogens with two attached hydrogens (primary N) is 1. The Hall–Kier alpha value is -1.61. The van der Waals surface area contributed by atoms with Crippen LogP contribution in [0.2, 0.25) is 5.02 Å². The first-order chi connectivity index (χ1) is 7.58. The van der Waals surface area contributed by atoms with Gasteiger partial charge < -0.3 is 5.73 Å². The summed E-state index contributed by atoms with van der Waals surface area (Å²) in [5, 5.41) is 0.410. The molecule has 0 atom stereocenters. The van der Waals surface area contributed by atoms with E-state index in [2.05, 4.69) is 16.0 Å². The van der Waals surface area contributed by atoms with Crippen LogP contribution in [0.3, 0.4) is 0 Å². The van der Waals surface area contributed by atoms with E-state index in [1.54, 1.807) is 0 Å². The number of aryl methyl sites for hydroxylation is 2. The second-order valence-electron chi connectivity index (χ2n) is 3.80. The van der Waals surface area contributed by atoms with Crippen molar-refractivity contribution in [2.75, 3.05) is 5.73 Å². The summed E-state index contributed by atoms with van der Waals surface area (Å²) in [7, 11) is 0. The van der Waals surface area contributed by atoms with Crippen LogP contribution in [0.25, 0.3) is 11.3 Å². The highest BCUT2D eigenvalue weighted by molar-refractivity contribution is 6.35. The molecule has 16 heavy (non-hydrogen) atoms. The third kappa shape index (κ3) is 1.99. The molecule has 82 valence electrons. The first kappa shape index (κ1) is 10.9. The molecule has 2 N–H and O–H groups in total. The van der Waals surface area contributed by atoms with Gasteiger partial charge >= 0.3 is 0 Å². The Morgan fingerprint density at radius 2 is 1.69 bits per heavy atom. The first-order valence-corrected chi connectivity index (χ1v) is 5.30. The number of hydrogen-bond donors (Lipinski definition) is 1. The molecule has 1 heterocycles. The van der Waals surface area contributed by atoms with E-state index >= 15 is 0 Å². The Morgan fingerprint density at radius 3 is 2.31 bits per heavy atom. The first-order valence-electron chi connectivity index (χ1n) is 4.92. The molecule has 0 aliphatic carbocycles. The molecular weight excluding hydrogens is 222 g/mol. The lowest BCUT2D eigenvalue weighted by molar-refractivity contribution is 1.18. The molecule has 0 spiro atoms. The third-order valence-corrected chi connectivity index (χ3v) is 2.68. The molecule has 4 heteroatoms. The number of aromatic nitrogens is 2. The van der Waals surface area contributed by atoms with Crippen LogP contribution in [-0.4, -0.2) is 9.97 Å². The number of nitrogens with zero attached hydrogens (tertiary/aromatic N) is 2. The summed E-state index contributed by atoms with van der Waals surface area (Å²) in [6.45, 7) is 4.07. The van der Waals surface area contributed by atoms with E-state index in [1.165, 1.54) is 17.5 Å². The zero-order valence-corrected chi connectivity index (χ0v) is 9.92. The van der Waals surface area contributed by atoms with Gasteiger partial charge in [-0.2, -0.15) is 0 Å². The summed E-state index contributed by atoms with van der Waals surface area (Å²) < 4.78 is 0. The fourth-order valence-corrected chi connectivity index (χ4v) is 1.90. The molecule has 1 aromatic heterocycles. The maximum atomic E-state index is 6.08. The molecule has 1 aromatic carbocycles. The van der Waals surface area contributed by atoms with Crippen LogP contribution in [0.15, 0.2) is 24.5 Å². The number of anilines is 1. The monoisotopic (exact) mass is 233 g/mol. The van der Waals surface area contributed by atoms with E-state index in [-0.39, 0.29) is 0 Å². The van der Waals surface area contributed by atoms with Crippen molar-refractivity contribution in [2.45, 2.75) is 13.8 Å². The molecule has 0 saturated carbocycles. The maximum Gasteiger partial charge on any atom is 0.146 e. The van der Waals surface area contributed by atoms with E-state index in [1.807, 2.05) is 26.0 Å². The Morgan fingerprint density at radius 1 is 1.06 bits per heavy atom. The molecule has 3 nitrogen and oxygen atoms in total. The minimum atomic E-state index is 0.311. The number of rotatable bonds is 1. The quantitative estimate of drug-likeness (QED) is 0.824. The van der Waals surface area contributed by atoms with Gasteiger partial charge in [0.15, 0.2) is 0 Å². The predicted molar refractivity (Wildman–Crippen MR) is 66.4 cm³/mol. The van der Waals surface area contributed by atoms with Gasteiger partial charge in [0.1, 0.15) is 17.2 Å². The van der Waals surface area contributed by atoms with Crippen LogP contribution < -0.4 is 5.73 Å². The second kappa shape index (κ2) is 4.10. The van der Waals surface area contributed by atoms with Crippen LogP contribution in [0, 0.1) is 13.8 Å².